The molecule has 19 heavy (non-hydrogen) atoms. The molecule has 0 radical (unpaired) electrons. The first kappa shape index (κ1) is 14.4. The van der Waals surface area contributed by atoms with Crippen molar-refractivity contribution in [1.82, 2.24) is 0 Å². The third kappa shape index (κ3) is 2.78. The Hall–Kier alpha value is -1.03. The highest BCUT2D eigenvalue weighted by Crippen LogP contribution is 2.29. The van der Waals surface area contributed by atoms with Gasteiger partial charge in [-0.2, -0.15) is 0 Å². The summed E-state index contributed by atoms with van der Waals surface area (Å²) in [5, 5.41) is 37.9. The van der Waals surface area contributed by atoms with E-state index in [2.05, 4.69) is 0 Å². The molecule has 6 atom stereocenters. The number of esters is 1. The molecule has 2 rings (SSSR count). The van der Waals surface area contributed by atoms with E-state index in [9.17, 15) is 20.1 Å². The van der Waals surface area contributed by atoms with Crippen molar-refractivity contribution in [3.05, 3.63) is 12.2 Å². The van der Waals surface area contributed by atoms with Crippen LogP contribution in [0.25, 0.3) is 0 Å². The van der Waals surface area contributed by atoms with Crippen LogP contribution in [-0.2, 0) is 19.0 Å². The van der Waals surface area contributed by atoms with Crippen molar-refractivity contribution < 1.29 is 39.4 Å². The predicted octanol–water partition coefficient (Wildman–Crippen LogP) is -2.37. The average molecular weight is 276 g/mol. The minimum absolute atomic E-state index is 0.558. The number of aliphatic hydroxyl groups is 4. The molecule has 2 aliphatic heterocycles. The molecule has 0 saturated carbocycles. The highest BCUT2D eigenvalue weighted by atomic mass is 16.8. The maximum absolute atomic E-state index is 11.0. The molecule has 4 N–H and O–H groups in total. The molecule has 0 aromatic carbocycles. The predicted molar refractivity (Wildman–Crippen MR) is 58.5 cm³/mol. The number of hydrogen-bond acceptors (Lipinski definition) is 8. The Balaban J connectivity index is 2.07. The third-order valence-corrected chi connectivity index (χ3v) is 3.02. The van der Waals surface area contributed by atoms with E-state index in [1.807, 2.05) is 0 Å². The van der Waals surface area contributed by atoms with E-state index in [-0.39, 0.29) is 0 Å². The quantitative estimate of drug-likeness (QED) is 0.421. The molecule has 1 fully saturated rings. The molecule has 2 heterocycles. The van der Waals surface area contributed by atoms with Crippen molar-refractivity contribution in [2.24, 2.45) is 0 Å². The Morgan fingerprint density at radius 2 is 2.00 bits per heavy atom. The fourth-order valence-corrected chi connectivity index (χ4v) is 1.95. The van der Waals surface area contributed by atoms with Gasteiger partial charge >= 0.3 is 5.97 Å². The second-order valence-corrected chi connectivity index (χ2v) is 4.59. The summed E-state index contributed by atoms with van der Waals surface area (Å²) in [5.41, 5.74) is 0. The fourth-order valence-electron chi connectivity index (χ4n) is 1.95. The molecule has 8 nitrogen and oxygen atoms in total. The smallest absolute Gasteiger partial charge is 0.333 e. The summed E-state index contributed by atoms with van der Waals surface area (Å²) in [4.78, 5) is 11.0. The molecule has 0 aromatic rings. The molecule has 108 valence electrons. The molecule has 8 heteroatoms. The summed E-state index contributed by atoms with van der Waals surface area (Å²) in [6.07, 6.45) is -4.48. The molecule has 1 saturated heterocycles. The van der Waals surface area contributed by atoms with Crippen molar-refractivity contribution in [2.75, 3.05) is 6.61 Å². The van der Waals surface area contributed by atoms with Gasteiger partial charge in [-0.05, 0) is 6.08 Å². The number of carbonyl (C=O) groups is 1. The van der Waals surface area contributed by atoms with E-state index in [0.717, 1.165) is 6.08 Å². The Kier molecular flexibility index (Phi) is 3.90. The van der Waals surface area contributed by atoms with E-state index in [1.165, 1.54) is 13.0 Å². The Bertz CT molecular complexity index is 381. The molecule has 0 spiro atoms. The zero-order chi connectivity index (χ0) is 14.2. The van der Waals surface area contributed by atoms with E-state index in [4.69, 9.17) is 19.3 Å². The van der Waals surface area contributed by atoms with Crippen LogP contribution in [0.1, 0.15) is 6.92 Å². The van der Waals surface area contributed by atoms with Crippen molar-refractivity contribution in [3.63, 3.8) is 0 Å². The molecule has 0 unspecified atom stereocenters. The van der Waals surface area contributed by atoms with Crippen molar-refractivity contribution in [1.29, 1.82) is 0 Å². The first-order valence-corrected chi connectivity index (χ1v) is 5.77. The van der Waals surface area contributed by atoms with Crippen LogP contribution in [0.15, 0.2) is 12.2 Å². The number of rotatable bonds is 3. The number of ether oxygens (including phenoxy) is 3. The molecule has 0 amide bonds. The first-order chi connectivity index (χ1) is 8.86. The lowest BCUT2D eigenvalue weighted by Crippen LogP contribution is -2.60. The minimum atomic E-state index is -1.54. The van der Waals surface area contributed by atoms with Gasteiger partial charge in [-0.15, -0.1) is 0 Å². The maximum Gasteiger partial charge on any atom is 0.333 e. The van der Waals surface area contributed by atoms with Crippen LogP contribution in [0.2, 0.25) is 0 Å². The van der Waals surface area contributed by atoms with Crippen LogP contribution < -0.4 is 0 Å². The summed E-state index contributed by atoms with van der Waals surface area (Å²) >= 11 is 0. The second kappa shape index (κ2) is 5.16. The summed E-state index contributed by atoms with van der Waals surface area (Å²) in [6.45, 7) is 0.868. The lowest BCUT2D eigenvalue weighted by atomic mass is 9.99. The Labute approximate surface area is 108 Å². The fraction of sp³-hybridized carbons (Fsp3) is 0.727. The van der Waals surface area contributed by atoms with Crippen LogP contribution in [-0.4, -0.2) is 69.5 Å². The van der Waals surface area contributed by atoms with Gasteiger partial charge in [0.2, 0.25) is 5.79 Å². The van der Waals surface area contributed by atoms with Crippen LogP contribution in [0.3, 0.4) is 0 Å². The van der Waals surface area contributed by atoms with Gasteiger partial charge in [-0.25, -0.2) is 4.79 Å². The van der Waals surface area contributed by atoms with Crippen molar-refractivity contribution in [3.8, 4) is 0 Å². The standard InChI is InChI=1S/C11H16O8/c1-11(3-2-6(13)18-11)19-10-9(16)8(15)7(14)5(4-12)17-10/h2-3,5,7-10,12,14-16H,4H2,1H3/t5-,7-,8+,9-,10+,11+/m1/s1. The SMILES string of the molecule is C[C@]1(O[C@@H]2O[C@H](CO)[C@@H](O)[C@H](O)[C@H]2O)C=CC(=O)O1. The lowest BCUT2D eigenvalue weighted by Gasteiger charge is -2.41. The Morgan fingerprint density at radius 3 is 2.53 bits per heavy atom. The Morgan fingerprint density at radius 1 is 1.32 bits per heavy atom. The zero-order valence-electron chi connectivity index (χ0n) is 10.2. The summed E-state index contributed by atoms with van der Waals surface area (Å²) in [5.74, 6) is -2.03. The van der Waals surface area contributed by atoms with Gasteiger partial charge in [0.15, 0.2) is 6.29 Å². The van der Waals surface area contributed by atoms with Gasteiger partial charge in [0, 0.05) is 13.0 Å². The van der Waals surface area contributed by atoms with Gasteiger partial charge in [-0.3, -0.25) is 0 Å². The number of aliphatic hydroxyl groups excluding tert-OH is 4. The van der Waals surface area contributed by atoms with Crippen LogP contribution >= 0.6 is 0 Å². The van der Waals surface area contributed by atoms with Crippen LogP contribution in [0.5, 0.6) is 0 Å². The normalized spacial score (nSPS) is 46.4. The lowest BCUT2D eigenvalue weighted by molar-refractivity contribution is -0.345. The average Bonchev–Trinajstić information content (AvgIpc) is 2.70. The monoisotopic (exact) mass is 276 g/mol. The third-order valence-electron chi connectivity index (χ3n) is 3.02. The van der Waals surface area contributed by atoms with E-state index in [1.54, 1.807) is 0 Å². The van der Waals surface area contributed by atoms with Gasteiger partial charge in [-0.1, -0.05) is 0 Å². The van der Waals surface area contributed by atoms with E-state index < -0.39 is 49.1 Å². The van der Waals surface area contributed by atoms with Crippen LogP contribution in [0.4, 0.5) is 0 Å². The zero-order valence-corrected chi connectivity index (χ0v) is 10.2. The molecule has 0 bridgehead atoms. The van der Waals surface area contributed by atoms with E-state index in [0.29, 0.717) is 0 Å². The highest BCUT2D eigenvalue weighted by Gasteiger charge is 2.47. The molecule has 0 aromatic heterocycles. The molecule has 2 aliphatic rings. The topological polar surface area (TPSA) is 126 Å². The second-order valence-electron chi connectivity index (χ2n) is 4.59. The van der Waals surface area contributed by atoms with Gasteiger partial charge in [0.25, 0.3) is 0 Å². The highest BCUT2D eigenvalue weighted by molar-refractivity contribution is 5.84. The molecular weight excluding hydrogens is 260 g/mol. The molecular formula is C11H16O8. The van der Waals surface area contributed by atoms with Gasteiger partial charge < -0.3 is 34.6 Å². The molecule has 0 aliphatic carbocycles. The summed E-state index contributed by atoms with van der Waals surface area (Å²) in [6, 6.07) is 0. The largest absolute Gasteiger partial charge is 0.426 e. The number of carbonyl (C=O) groups excluding carboxylic acids is 1. The van der Waals surface area contributed by atoms with Crippen molar-refractivity contribution >= 4 is 5.97 Å². The summed E-state index contributed by atoms with van der Waals surface area (Å²) in [7, 11) is 0. The van der Waals surface area contributed by atoms with Crippen LogP contribution in [0, 0.1) is 0 Å². The maximum atomic E-state index is 11.0. The minimum Gasteiger partial charge on any atom is -0.426 e. The van der Waals surface area contributed by atoms with Gasteiger partial charge in [0.05, 0.1) is 6.61 Å². The summed E-state index contributed by atoms with van der Waals surface area (Å²) < 4.78 is 15.3. The van der Waals surface area contributed by atoms with E-state index >= 15 is 0 Å². The van der Waals surface area contributed by atoms with Gasteiger partial charge in [0.1, 0.15) is 24.4 Å². The first-order valence-electron chi connectivity index (χ1n) is 5.77. The van der Waals surface area contributed by atoms with Crippen molar-refractivity contribution in [2.45, 2.75) is 43.4 Å². The number of cyclic esters (lactones) is 1. The number of hydrogen-bond donors (Lipinski definition) is 4.